The normalized spacial score (nSPS) is 11.7. The van der Waals surface area contributed by atoms with E-state index in [0.717, 1.165) is 36.9 Å². The first-order valence-electron chi connectivity index (χ1n) is 7.05. The number of unbranched alkanes of at least 4 members (excludes halogenated alkanes) is 2. The molecule has 19 heavy (non-hydrogen) atoms. The summed E-state index contributed by atoms with van der Waals surface area (Å²) in [5, 5.41) is 10.6. The van der Waals surface area contributed by atoms with Crippen LogP contribution >= 0.6 is 0 Å². The fourth-order valence-corrected chi connectivity index (χ4v) is 1.97. The minimum absolute atomic E-state index is 0.830. The molecule has 1 aromatic rings. The predicted molar refractivity (Wildman–Crippen MR) is 78.6 cm³/mol. The van der Waals surface area contributed by atoms with Crippen LogP contribution in [0.5, 0.6) is 0 Å². The highest BCUT2D eigenvalue weighted by Crippen LogP contribution is 2.11. The first-order valence-corrected chi connectivity index (χ1v) is 7.05. The summed E-state index contributed by atoms with van der Waals surface area (Å²) in [6.45, 7) is 7.93. The van der Waals surface area contributed by atoms with Crippen molar-refractivity contribution in [1.82, 2.24) is 15.8 Å². The van der Waals surface area contributed by atoms with Crippen LogP contribution in [0.25, 0.3) is 0 Å². The fraction of sp³-hybridized carbons (Fsp3) is 0.714. The smallest absolute Gasteiger partial charge is 0.190 e. The van der Waals surface area contributed by atoms with Gasteiger partial charge in [-0.15, -0.1) is 0 Å². The van der Waals surface area contributed by atoms with Gasteiger partial charge in [0.15, 0.2) is 5.96 Å². The summed E-state index contributed by atoms with van der Waals surface area (Å²) in [5.41, 5.74) is 2.17. The molecule has 0 amide bonds. The molecule has 1 rings (SSSR count). The summed E-state index contributed by atoms with van der Waals surface area (Å²) in [5.74, 6) is 1.77. The Balaban J connectivity index is 2.27. The maximum Gasteiger partial charge on any atom is 0.190 e. The molecule has 0 aliphatic heterocycles. The van der Waals surface area contributed by atoms with Crippen LogP contribution < -0.4 is 10.6 Å². The lowest BCUT2D eigenvalue weighted by Crippen LogP contribution is -2.38. The minimum Gasteiger partial charge on any atom is -0.361 e. The van der Waals surface area contributed by atoms with Crippen LogP contribution in [-0.2, 0) is 6.42 Å². The average molecular weight is 266 g/mol. The molecular weight excluding hydrogens is 240 g/mol. The Morgan fingerprint density at radius 2 is 1.95 bits per heavy atom. The van der Waals surface area contributed by atoms with Crippen molar-refractivity contribution in [2.24, 2.45) is 4.99 Å². The van der Waals surface area contributed by atoms with Crippen molar-refractivity contribution in [3.05, 3.63) is 17.0 Å². The second-order valence-electron chi connectivity index (χ2n) is 4.69. The first kappa shape index (κ1) is 15.5. The molecule has 5 nitrogen and oxygen atoms in total. The summed E-state index contributed by atoms with van der Waals surface area (Å²) in [6, 6.07) is 0. The number of aliphatic imine (C=N–C) groups is 1. The number of aromatic nitrogens is 1. The molecule has 0 spiro atoms. The maximum absolute atomic E-state index is 5.15. The van der Waals surface area contributed by atoms with Crippen molar-refractivity contribution in [2.75, 3.05) is 20.1 Å². The molecule has 0 fully saturated rings. The van der Waals surface area contributed by atoms with Crippen LogP contribution in [0.1, 0.15) is 43.2 Å². The van der Waals surface area contributed by atoms with Gasteiger partial charge < -0.3 is 15.2 Å². The molecule has 108 valence electrons. The molecular formula is C14H26N4O. The van der Waals surface area contributed by atoms with Crippen LogP contribution in [0.2, 0.25) is 0 Å². The summed E-state index contributed by atoms with van der Waals surface area (Å²) >= 11 is 0. The quantitative estimate of drug-likeness (QED) is 0.451. The Morgan fingerprint density at radius 3 is 2.53 bits per heavy atom. The lowest BCUT2D eigenvalue weighted by Gasteiger charge is -2.11. The van der Waals surface area contributed by atoms with Gasteiger partial charge in [0.25, 0.3) is 0 Å². The molecule has 0 atom stereocenters. The van der Waals surface area contributed by atoms with Gasteiger partial charge in [0.2, 0.25) is 0 Å². The third-order valence-electron chi connectivity index (χ3n) is 3.15. The van der Waals surface area contributed by atoms with Gasteiger partial charge in [0.05, 0.1) is 5.69 Å². The Morgan fingerprint density at radius 1 is 1.21 bits per heavy atom. The van der Waals surface area contributed by atoms with Crippen molar-refractivity contribution in [3.8, 4) is 0 Å². The highest BCUT2D eigenvalue weighted by atomic mass is 16.5. The van der Waals surface area contributed by atoms with E-state index in [0.29, 0.717) is 0 Å². The van der Waals surface area contributed by atoms with E-state index in [4.69, 9.17) is 4.52 Å². The van der Waals surface area contributed by atoms with Gasteiger partial charge in [-0.1, -0.05) is 24.9 Å². The molecule has 1 aromatic heterocycles. The van der Waals surface area contributed by atoms with Gasteiger partial charge in [-0.3, -0.25) is 4.99 Å². The molecule has 5 heteroatoms. The number of nitrogens with zero attached hydrogens (tertiary/aromatic N) is 2. The molecule has 0 radical (unpaired) electrons. The van der Waals surface area contributed by atoms with Crippen molar-refractivity contribution in [2.45, 2.75) is 46.5 Å². The highest BCUT2D eigenvalue weighted by Gasteiger charge is 2.08. The minimum atomic E-state index is 0.830. The first-order chi connectivity index (χ1) is 9.19. The van der Waals surface area contributed by atoms with E-state index < -0.39 is 0 Å². The summed E-state index contributed by atoms with van der Waals surface area (Å²) in [4.78, 5) is 4.20. The van der Waals surface area contributed by atoms with Crippen LogP contribution in [0.4, 0.5) is 0 Å². The van der Waals surface area contributed by atoms with Crippen LogP contribution in [0, 0.1) is 13.8 Å². The molecule has 0 aliphatic rings. The summed E-state index contributed by atoms with van der Waals surface area (Å²) < 4.78 is 5.15. The number of hydrogen-bond donors (Lipinski definition) is 2. The van der Waals surface area contributed by atoms with Crippen molar-refractivity contribution in [1.29, 1.82) is 0 Å². The number of hydrogen-bond acceptors (Lipinski definition) is 3. The maximum atomic E-state index is 5.15. The molecule has 2 N–H and O–H groups in total. The Kier molecular flexibility index (Phi) is 7.00. The van der Waals surface area contributed by atoms with Gasteiger partial charge in [-0.25, -0.2) is 0 Å². The van der Waals surface area contributed by atoms with Crippen LogP contribution in [-0.4, -0.2) is 31.3 Å². The third-order valence-corrected chi connectivity index (χ3v) is 3.15. The Hall–Kier alpha value is -1.52. The van der Waals surface area contributed by atoms with Crippen molar-refractivity contribution in [3.63, 3.8) is 0 Å². The van der Waals surface area contributed by atoms with Crippen LogP contribution in [0.3, 0.4) is 0 Å². The molecule has 0 saturated heterocycles. The standard InChI is InChI=1S/C14H26N4O/c1-5-6-7-9-16-14(15-4)17-10-8-13-11(2)18-19-12(13)3/h5-10H2,1-4H3,(H2,15,16,17). The van der Waals surface area contributed by atoms with Gasteiger partial charge in [-0.05, 0) is 26.7 Å². The van der Waals surface area contributed by atoms with Gasteiger partial charge in [0.1, 0.15) is 5.76 Å². The largest absolute Gasteiger partial charge is 0.361 e. The zero-order chi connectivity index (χ0) is 14.1. The molecule has 0 bridgehead atoms. The monoisotopic (exact) mass is 266 g/mol. The molecule has 0 saturated carbocycles. The molecule has 0 unspecified atom stereocenters. The van der Waals surface area contributed by atoms with Crippen LogP contribution in [0.15, 0.2) is 9.52 Å². The number of guanidine groups is 1. The fourth-order valence-electron chi connectivity index (χ4n) is 1.97. The van der Waals surface area contributed by atoms with Crippen molar-refractivity contribution >= 4 is 5.96 Å². The van der Waals surface area contributed by atoms with E-state index in [9.17, 15) is 0 Å². The highest BCUT2D eigenvalue weighted by molar-refractivity contribution is 5.79. The van der Waals surface area contributed by atoms with E-state index in [-0.39, 0.29) is 0 Å². The van der Waals surface area contributed by atoms with E-state index >= 15 is 0 Å². The van der Waals surface area contributed by atoms with E-state index in [2.05, 4.69) is 27.7 Å². The SMILES string of the molecule is CCCCCNC(=NC)NCCc1c(C)noc1C. The van der Waals surface area contributed by atoms with E-state index in [1.807, 2.05) is 13.8 Å². The Bertz CT molecular complexity index is 379. The van der Waals surface area contributed by atoms with Gasteiger partial charge >= 0.3 is 0 Å². The predicted octanol–water partition coefficient (Wildman–Crippen LogP) is 2.19. The Labute approximate surface area is 115 Å². The zero-order valence-electron chi connectivity index (χ0n) is 12.5. The van der Waals surface area contributed by atoms with Crippen molar-refractivity contribution < 1.29 is 4.52 Å². The average Bonchev–Trinajstić information content (AvgIpc) is 2.73. The second kappa shape index (κ2) is 8.56. The molecule has 1 heterocycles. The number of rotatable bonds is 7. The zero-order valence-corrected chi connectivity index (χ0v) is 12.5. The number of nitrogens with one attached hydrogen (secondary N) is 2. The molecule has 0 aromatic carbocycles. The third kappa shape index (κ3) is 5.32. The lowest BCUT2D eigenvalue weighted by molar-refractivity contribution is 0.392. The topological polar surface area (TPSA) is 62.5 Å². The van der Waals surface area contributed by atoms with Gasteiger partial charge in [-0.2, -0.15) is 0 Å². The molecule has 0 aliphatic carbocycles. The lowest BCUT2D eigenvalue weighted by atomic mass is 10.1. The summed E-state index contributed by atoms with van der Waals surface area (Å²) in [6.07, 6.45) is 4.57. The van der Waals surface area contributed by atoms with E-state index in [1.165, 1.54) is 24.8 Å². The number of aryl methyl sites for hydroxylation is 2. The summed E-state index contributed by atoms with van der Waals surface area (Å²) in [7, 11) is 1.80. The van der Waals surface area contributed by atoms with E-state index in [1.54, 1.807) is 7.05 Å². The van der Waals surface area contributed by atoms with Gasteiger partial charge in [0, 0.05) is 25.7 Å². The second-order valence-corrected chi connectivity index (χ2v) is 4.69.